The average molecular weight is 177 g/mol. The number of hydrogen-bond donors (Lipinski definition) is 1. The molecule has 0 aromatic carbocycles. The number of nitrogens with zero attached hydrogens (tertiary/aromatic N) is 1. The van der Waals surface area contributed by atoms with Crippen molar-refractivity contribution in [3.8, 4) is 12.0 Å². The van der Waals surface area contributed by atoms with Crippen molar-refractivity contribution < 1.29 is 13.0 Å². The summed E-state index contributed by atoms with van der Waals surface area (Å²) < 4.78 is 28.6. The molecular formula is C6H11NO3S. The molecule has 5 heteroatoms. The lowest BCUT2D eigenvalue weighted by Gasteiger charge is -1.96. The molecule has 1 N–H and O–H groups in total. The van der Waals surface area contributed by atoms with Gasteiger partial charge in [0.1, 0.15) is 0 Å². The quantitative estimate of drug-likeness (QED) is 0.360. The lowest BCUT2D eigenvalue weighted by molar-refractivity contribution is 0.483. The Labute approximate surface area is 67.0 Å². The van der Waals surface area contributed by atoms with Gasteiger partial charge in [0.2, 0.25) is 0 Å². The van der Waals surface area contributed by atoms with E-state index in [0.717, 1.165) is 0 Å². The van der Waals surface area contributed by atoms with Crippen LogP contribution in [0.1, 0.15) is 6.42 Å². The highest BCUT2D eigenvalue weighted by molar-refractivity contribution is 7.85. The van der Waals surface area contributed by atoms with Crippen LogP contribution in [0.25, 0.3) is 0 Å². The van der Waals surface area contributed by atoms with E-state index in [2.05, 4.69) is 12.0 Å². The van der Waals surface area contributed by atoms with E-state index in [9.17, 15) is 8.42 Å². The first kappa shape index (κ1) is 10.3. The molecule has 0 fully saturated rings. The summed E-state index contributed by atoms with van der Waals surface area (Å²) in [7, 11) is -0.342. The van der Waals surface area contributed by atoms with Gasteiger partial charge in [-0.15, -0.1) is 0 Å². The fraction of sp³-hybridized carbons (Fsp3) is 0.667. The van der Waals surface area contributed by atoms with E-state index in [0.29, 0.717) is 0 Å². The van der Waals surface area contributed by atoms with Crippen LogP contribution in [0, 0.1) is 12.0 Å². The SMILES string of the molecule is CN(C)C#CCCS(=O)(=O)O. The third kappa shape index (κ3) is 9.27. The Bertz CT molecular complexity index is 257. The zero-order valence-corrected chi connectivity index (χ0v) is 7.35. The van der Waals surface area contributed by atoms with E-state index < -0.39 is 10.1 Å². The Hall–Kier alpha value is -0.730. The molecule has 0 saturated heterocycles. The van der Waals surface area contributed by atoms with E-state index in [1.54, 1.807) is 19.0 Å². The smallest absolute Gasteiger partial charge is 0.265 e. The normalized spacial score (nSPS) is 10.1. The van der Waals surface area contributed by atoms with E-state index >= 15 is 0 Å². The first-order chi connectivity index (χ1) is 4.92. The zero-order chi connectivity index (χ0) is 8.91. The van der Waals surface area contributed by atoms with Crippen molar-refractivity contribution in [1.29, 1.82) is 0 Å². The van der Waals surface area contributed by atoms with Crippen LogP contribution in [-0.2, 0) is 10.1 Å². The highest BCUT2D eigenvalue weighted by Crippen LogP contribution is 1.85. The summed E-state index contributed by atoms with van der Waals surface area (Å²) in [6, 6.07) is 2.63. The van der Waals surface area contributed by atoms with Crippen molar-refractivity contribution in [2.24, 2.45) is 0 Å². The summed E-state index contributed by atoms with van der Waals surface area (Å²) in [5.74, 6) is 2.28. The van der Waals surface area contributed by atoms with Crippen LogP contribution in [0.15, 0.2) is 0 Å². The minimum absolute atomic E-state index is 0.164. The fourth-order valence-corrected chi connectivity index (χ4v) is 0.754. The Balaban J connectivity index is 3.70. The van der Waals surface area contributed by atoms with Crippen LogP contribution in [-0.4, -0.2) is 37.7 Å². The van der Waals surface area contributed by atoms with Crippen LogP contribution < -0.4 is 0 Å². The van der Waals surface area contributed by atoms with Crippen molar-refractivity contribution >= 4 is 10.1 Å². The monoisotopic (exact) mass is 177 g/mol. The van der Waals surface area contributed by atoms with E-state index in [1.165, 1.54) is 0 Å². The first-order valence-electron chi connectivity index (χ1n) is 3.03. The van der Waals surface area contributed by atoms with Crippen molar-refractivity contribution in [2.75, 3.05) is 19.8 Å². The maximum Gasteiger partial charge on any atom is 0.265 e. The van der Waals surface area contributed by atoms with Gasteiger partial charge in [-0.2, -0.15) is 8.42 Å². The molecule has 0 atom stereocenters. The largest absolute Gasteiger partial charge is 0.339 e. The maximum atomic E-state index is 10.2. The molecule has 0 aliphatic carbocycles. The predicted octanol–water partition coefficient (Wildman–Crippen LogP) is -0.213. The molecule has 0 unspecified atom stereocenters. The van der Waals surface area contributed by atoms with E-state index in [-0.39, 0.29) is 12.2 Å². The molecule has 0 aromatic rings. The van der Waals surface area contributed by atoms with Crippen molar-refractivity contribution in [3.63, 3.8) is 0 Å². The van der Waals surface area contributed by atoms with Gasteiger partial charge in [-0.3, -0.25) is 4.55 Å². The highest BCUT2D eigenvalue weighted by Gasteiger charge is 2.00. The molecule has 11 heavy (non-hydrogen) atoms. The number of hydrogen-bond acceptors (Lipinski definition) is 3. The average Bonchev–Trinajstić information content (AvgIpc) is 1.78. The Kier molecular flexibility index (Phi) is 3.93. The van der Waals surface area contributed by atoms with E-state index in [1.807, 2.05) is 0 Å². The number of rotatable bonds is 2. The Morgan fingerprint density at radius 1 is 1.45 bits per heavy atom. The van der Waals surface area contributed by atoms with Gasteiger partial charge in [-0.1, -0.05) is 5.92 Å². The minimum Gasteiger partial charge on any atom is -0.339 e. The maximum absolute atomic E-state index is 10.2. The van der Waals surface area contributed by atoms with Crippen LogP contribution in [0.2, 0.25) is 0 Å². The molecule has 0 amide bonds. The molecule has 4 nitrogen and oxygen atoms in total. The third-order valence-corrected chi connectivity index (χ3v) is 1.51. The third-order valence-electron chi connectivity index (χ3n) is 0.788. The molecule has 0 aliphatic rings. The summed E-state index contributed by atoms with van der Waals surface area (Å²) in [6.07, 6.45) is 0.164. The predicted molar refractivity (Wildman–Crippen MR) is 42.5 cm³/mol. The van der Waals surface area contributed by atoms with Crippen LogP contribution in [0.3, 0.4) is 0 Å². The zero-order valence-electron chi connectivity index (χ0n) is 6.53. The summed E-state index contributed by atoms with van der Waals surface area (Å²) in [4.78, 5) is 1.62. The topological polar surface area (TPSA) is 57.6 Å². The molecule has 0 bridgehead atoms. The fourth-order valence-electron chi connectivity index (χ4n) is 0.394. The van der Waals surface area contributed by atoms with Gasteiger partial charge < -0.3 is 4.90 Å². The van der Waals surface area contributed by atoms with Crippen LogP contribution in [0.4, 0.5) is 0 Å². The van der Waals surface area contributed by atoms with Gasteiger partial charge in [-0.25, -0.2) is 0 Å². The summed E-state index contributed by atoms with van der Waals surface area (Å²) in [5.41, 5.74) is 0. The van der Waals surface area contributed by atoms with E-state index in [4.69, 9.17) is 4.55 Å². The van der Waals surface area contributed by atoms with Gasteiger partial charge in [-0.05, 0) is 0 Å². The lowest BCUT2D eigenvalue weighted by Crippen LogP contribution is -2.04. The standard InChI is InChI=1S/C6H11NO3S/c1-7(2)5-3-4-6-11(8,9)10/h4,6H2,1-2H3,(H,8,9,10). The second-order valence-corrected chi connectivity index (χ2v) is 3.79. The molecular weight excluding hydrogens is 166 g/mol. The van der Waals surface area contributed by atoms with Crippen molar-refractivity contribution in [3.05, 3.63) is 0 Å². The van der Waals surface area contributed by atoms with Gasteiger partial charge >= 0.3 is 0 Å². The molecule has 0 radical (unpaired) electrons. The van der Waals surface area contributed by atoms with Gasteiger partial charge in [0.05, 0.1) is 5.75 Å². The Morgan fingerprint density at radius 2 is 2.00 bits per heavy atom. The molecule has 64 valence electrons. The first-order valence-corrected chi connectivity index (χ1v) is 4.64. The lowest BCUT2D eigenvalue weighted by atomic mass is 10.5. The minimum atomic E-state index is -3.84. The second-order valence-electron chi connectivity index (χ2n) is 2.22. The summed E-state index contributed by atoms with van der Waals surface area (Å²) >= 11 is 0. The van der Waals surface area contributed by atoms with Crippen LogP contribution in [0.5, 0.6) is 0 Å². The Morgan fingerprint density at radius 3 is 2.36 bits per heavy atom. The molecule has 0 rings (SSSR count). The summed E-state index contributed by atoms with van der Waals surface area (Å²) in [6.45, 7) is 0. The van der Waals surface area contributed by atoms with Gasteiger partial charge in [0.15, 0.2) is 0 Å². The van der Waals surface area contributed by atoms with Crippen molar-refractivity contribution in [1.82, 2.24) is 4.90 Å². The molecule has 0 saturated carbocycles. The molecule has 0 aromatic heterocycles. The van der Waals surface area contributed by atoms with Crippen LogP contribution >= 0.6 is 0 Å². The summed E-state index contributed by atoms with van der Waals surface area (Å²) in [5, 5.41) is 0. The van der Waals surface area contributed by atoms with Gasteiger partial charge in [0, 0.05) is 26.6 Å². The second kappa shape index (κ2) is 4.21. The van der Waals surface area contributed by atoms with Crippen molar-refractivity contribution in [2.45, 2.75) is 6.42 Å². The molecule has 0 heterocycles. The highest BCUT2D eigenvalue weighted by atomic mass is 32.2. The molecule has 0 spiro atoms. The van der Waals surface area contributed by atoms with Gasteiger partial charge in [0.25, 0.3) is 10.1 Å². The molecule has 0 aliphatic heterocycles.